The molecular weight excluding hydrogens is 323 g/mol. The van der Waals surface area contributed by atoms with Gasteiger partial charge in [-0.3, -0.25) is 0 Å². The predicted molar refractivity (Wildman–Crippen MR) is 86.8 cm³/mol. The Morgan fingerprint density at radius 1 is 0.737 bits per heavy atom. The van der Waals surface area contributed by atoms with E-state index in [1.165, 1.54) is 11.1 Å². The van der Waals surface area contributed by atoms with E-state index in [9.17, 15) is 0 Å². The molecule has 0 aliphatic rings. The van der Waals surface area contributed by atoms with Gasteiger partial charge in [-0.1, -0.05) is 0 Å². The fourth-order valence-electron chi connectivity index (χ4n) is 1.65. The van der Waals surface area contributed by atoms with Gasteiger partial charge in [-0.15, -0.1) is 0 Å². The molecule has 2 rings (SSSR count). The van der Waals surface area contributed by atoms with Crippen molar-refractivity contribution in [3.63, 3.8) is 0 Å². The van der Waals surface area contributed by atoms with Gasteiger partial charge >= 0.3 is 123 Å². The molecular formula is C15H18BrO2P. The number of hydrogen-bond acceptors (Lipinski definition) is 2. The Balaban J connectivity index is 2.05. The molecule has 0 spiro atoms. The zero-order valence-corrected chi connectivity index (χ0v) is 13.9. The maximum absolute atomic E-state index is 5.92. The maximum atomic E-state index is 5.92. The van der Waals surface area contributed by atoms with Crippen molar-refractivity contribution in [3.05, 3.63) is 59.7 Å². The predicted octanol–water partition coefficient (Wildman–Crippen LogP) is 5.28. The first-order valence-electron chi connectivity index (χ1n) is 6.15. The fourth-order valence-corrected chi connectivity index (χ4v) is 3.93. The Hall–Kier alpha value is -1.05. The summed E-state index contributed by atoms with van der Waals surface area (Å²) in [7, 11) is 0. The molecule has 0 N–H and O–H groups in total. The topological polar surface area (TPSA) is 18.5 Å². The molecule has 0 aromatic heterocycles. The van der Waals surface area contributed by atoms with Crippen molar-refractivity contribution in [1.29, 1.82) is 0 Å². The van der Waals surface area contributed by atoms with Gasteiger partial charge < -0.3 is 0 Å². The van der Waals surface area contributed by atoms with Gasteiger partial charge in [0.2, 0.25) is 0 Å². The third-order valence-corrected chi connectivity index (χ3v) is 4.81. The van der Waals surface area contributed by atoms with E-state index in [1.807, 2.05) is 55.2 Å². The molecule has 0 radical (unpaired) electrons. The van der Waals surface area contributed by atoms with Crippen LogP contribution in [0, 0.1) is 13.8 Å². The van der Waals surface area contributed by atoms with Gasteiger partial charge in [0.15, 0.2) is 0 Å². The van der Waals surface area contributed by atoms with Gasteiger partial charge in [-0.2, -0.15) is 0 Å². The molecule has 2 aromatic rings. The molecule has 2 aromatic carbocycles. The zero-order valence-electron chi connectivity index (χ0n) is 11.3. The molecule has 0 amide bonds. The van der Waals surface area contributed by atoms with Crippen LogP contribution in [0.5, 0.6) is 11.5 Å². The molecule has 19 heavy (non-hydrogen) atoms. The van der Waals surface area contributed by atoms with Gasteiger partial charge in [0.25, 0.3) is 0 Å². The van der Waals surface area contributed by atoms with Crippen LogP contribution in [0.15, 0.2) is 48.5 Å². The van der Waals surface area contributed by atoms with E-state index in [-0.39, 0.29) is 0 Å². The first-order valence-corrected chi connectivity index (χ1v) is 10.7. The van der Waals surface area contributed by atoms with Crippen LogP contribution >= 0.6 is 21.9 Å². The molecule has 0 aliphatic carbocycles. The summed E-state index contributed by atoms with van der Waals surface area (Å²) >= 11 is 3.59. The molecule has 102 valence electrons. The summed E-state index contributed by atoms with van der Waals surface area (Å²) < 4.78 is 11.8. The summed E-state index contributed by atoms with van der Waals surface area (Å²) in [5.74, 6) is 1.65. The van der Waals surface area contributed by atoms with Gasteiger partial charge in [-0.25, -0.2) is 0 Å². The second-order valence-corrected chi connectivity index (χ2v) is 11.1. The third-order valence-electron chi connectivity index (χ3n) is 2.64. The van der Waals surface area contributed by atoms with E-state index in [0.29, 0.717) is 0 Å². The van der Waals surface area contributed by atoms with Crippen molar-refractivity contribution < 1.29 is 9.05 Å². The van der Waals surface area contributed by atoms with E-state index in [4.69, 9.17) is 9.05 Å². The minimum absolute atomic E-state index is 0.823. The van der Waals surface area contributed by atoms with Crippen LogP contribution in [-0.2, 0) is 0 Å². The van der Waals surface area contributed by atoms with Crippen molar-refractivity contribution in [1.82, 2.24) is 0 Å². The first-order chi connectivity index (χ1) is 8.94. The standard InChI is InChI=1S/C15H18BrO2P/c1-12-4-8-14(9-5-12)17-19(3,16)18-15-10-6-13(2)7-11-15/h4-11,19H,1-3H3. The number of halogens is 1. The number of benzene rings is 2. The van der Waals surface area contributed by atoms with Crippen LogP contribution in [0.3, 0.4) is 0 Å². The summed E-state index contributed by atoms with van der Waals surface area (Å²) in [5, 5.41) is 0. The van der Waals surface area contributed by atoms with Gasteiger partial charge in [0, 0.05) is 0 Å². The number of rotatable bonds is 4. The van der Waals surface area contributed by atoms with Crippen LogP contribution in [0.2, 0.25) is 0 Å². The second-order valence-electron chi connectivity index (χ2n) is 4.67. The quantitative estimate of drug-likeness (QED) is 0.705. The van der Waals surface area contributed by atoms with Crippen LogP contribution in [0.25, 0.3) is 0 Å². The SMILES string of the molecule is Cc1ccc(O[PH](C)(Br)Oc2ccc(C)cc2)cc1. The summed E-state index contributed by atoms with van der Waals surface area (Å²) in [4.78, 5) is 0. The van der Waals surface area contributed by atoms with Gasteiger partial charge in [0.05, 0.1) is 0 Å². The molecule has 0 saturated heterocycles. The summed E-state index contributed by atoms with van der Waals surface area (Å²) in [6.45, 7) is 6.07. The Morgan fingerprint density at radius 3 is 1.37 bits per heavy atom. The Bertz CT molecular complexity index is 486. The normalized spacial score (nSPS) is 12.0. The molecule has 0 saturated carbocycles. The Labute approximate surface area is 123 Å². The van der Waals surface area contributed by atoms with E-state index < -0.39 is 6.42 Å². The van der Waals surface area contributed by atoms with E-state index in [2.05, 4.69) is 29.3 Å². The number of aryl methyl sites for hydroxylation is 2. The van der Waals surface area contributed by atoms with Crippen molar-refractivity contribution in [2.45, 2.75) is 13.8 Å². The summed E-state index contributed by atoms with van der Waals surface area (Å²) in [6.07, 6.45) is -2.41. The third kappa shape index (κ3) is 4.52. The zero-order chi connectivity index (χ0) is 13.9. The van der Waals surface area contributed by atoms with Crippen LogP contribution in [0.1, 0.15) is 11.1 Å². The molecule has 0 aliphatic heterocycles. The van der Waals surface area contributed by atoms with Crippen LogP contribution < -0.4 is 9.05 Å². The average molecular weight is 341 g/mol. The van der Waals surface area contributed by atoms with Crippen molar-refractivity contribution >= 4 is 21.9 Å². The van der Waals surface area contributed by atoms with E-state index >= 15 is 0 Å². The molecule has 0 fully saturated rings. The van der Waals surface area contributed by atoms with Crippen molar-refractivity contribution in [2.75, 3.05) is 6.66 Å². The van der Waals surface area contributed by atoms with E-state index in [0.717, 1.165) is 11.5 Å². The monoisotopic (exact) mass is 340 g/mol. The summed E-state index contributed by atoms with van der Waals surface area (Å²) in [5.41, 5.74) is 2.43. The Morgan fingerprint density at radius 2 is 1.05 bits per heavy atom. The second kappa shape index (κ2) is 5.94. The molecule has 4 heteroatoms. The minimum atomic E-state index is -2.41. The van der Waals surface area contributed by atoms with Crippen molar-refractivity contribution in [3.8, 4) is 11.5 Å². The summed E-state index contributed by atoms with van der Waals surface area (Å²) in [6, 6.07) is 15.9. The van der Waals surface area contributed by atoms with Crippen LogP contribution in [-0.4, -0.2) is 6.66 Å². The van der Waals surface area contributed by atoms with E-state index in [1.54, 1.807) is 0 Å². The van der Waals surface area contributed by atoms with Gasteiger partial charge in [-0.05, 0) is 0 Å². The molecule has 0 atom stereocenters. The Kier molecular flexibility index (Phi) is 4.49. The molecule has 2 nitrogen and oxygen atoms in total. The van der Waals surface area contributed by atoms with Gasteiger partial charge in [0.1, 0.15) is 0 Å². The molecule has 0 bridgehead atoms. The van der Waals surface area contributed by atoms with Crippen molar-refractivity contribution in [2.24, 2.45) is 0 Å². The average Bonchev–Trinajstić information content (AvgIpc) is 2.34. The fraction of sp³-hybridized carbons (Fsp3) is 0.200. The first kappa shape index (κ1) is 14.4. The molecule has 0 heterocycles. The molecule has 0 unspecified atom stereocenters. The van der Waals surface area contributed by atoms with Crippen LogP contribution in [0.4, 0.5) is 0 Å². The number of hydrogen-bond donors (Lipinski definition) is 0.